The lowest BCUT2D eigenvalue weighted by atomic mass is 9.78. The van der Waals surface area contributed by atoms with E-state index in [1.54, 1.807) is 30.3 Å². The highest BCUT2D eigenvalue weighted by Gasteiger charge is 2.27. The van der Waals surface area contributed by atoms with Crippen molar-refractivity contribution in [3.63, 3.8) is 0 Å². The molecular weight excluding hydrogens is 376 g/mol. The molecule has 0 nitrogen and oxygen atoms in total. The van der Waals surface area contributed by atoms with Gasteiger partial charge in [0.1, 0.15) is 11.6 Å². The van der Waals surface area contributed by atoms with Gasteiger partial charge in [-0.05, 0) is 71.6 Å². The second-order valence-corrected chi connectivity index (χ2v) is 7.70. The second kappa shape index (κ2) is 8.02. The van der Waals surface area contributed by atoms with Gasteiger partial charge in [-0.15, -0.1) is 0 Å². The fraction of sp³-hybridized carbons (Fsp3) is 0.280. The summed E-state index contributed by atoms with van der Waals surface area (Å²) >= 11 is 0. The molecule has 0 aliphatic heterocycles. The van der Waals surface area contributed by atoms with Gasteiger partial charge in [-0.3, -0.25) is 0 Å². The first-order valence-corrected chi connectivity index (χ1v) is 10.0. The predicted octanol–water partition coefficient (Wildman–Crippen LogP) is 7.14. The molecule has 3 aromatic rings. The van der Waals surface area contributed by atoms with Crippen LogP contribution in [0.4, 0.5) is 17.6 Å². The van der Waals surface area contributed by atoms with Crippen molar-refractivity contribution < 1.29 is 17.6 Å². The van der Waals surface area contributed by atoms with Crippen LogP contribution in [0.5, 0.6) is 0 Å². The first kappa shape index (κ1) is 19.7. The third kappa shape index (κ3) is 3.68. The molecule has 1 unspecified atom stereocenters. The number of halogens is 4. The summed E-state index contributed by atoms with van der Waals surface area (Å²) in [6.07, 6.45) is 2.74. The molecule has 0 saturated carbocycles. The van der Waals surface area contributed by atoms with Crippen LogP contribution in [-0.4, -0.2) is 0 Å². The largest absolute Gasteiger partial charge is 0.207 e. The lowest BCUT2D eigenvalue weighted by Crippen LogP contribution is -2.16. The number of hydrogen-bond donors (Lipinski definition) is 0. The topological polar surface area (TPSA) is 0 Å². The molecule has 1 atom stereocenters. The van der Waals surface area contributed by atoms with E-state index >= 15 is 4.39 Å². The molecule has 0 aromatic heterocycles. The van der Waals surface area contributed by atoms with Gasteiger partial charge >= 0.3 is 0 Å². The highest BCUT2D eigenvalue weighted by Crippen LogP contribution is 2.38. The van der Waals surface area contributed by atoms with Crippen LogP contribution in [0.3, 0.4) is 0 Å². The van der Waals surface area contributed by atoms with E-state index in [1.807, 2.05) is 13.0 Å². The van der Waals surface area contributed by atoms with Gasteiger partial charge in [-0.1, -0.05) is 49.7 Å². The van der Waals surface area contributed by atoms with E-state index in [0.717, 1.165) is 12.0 Å². The fourth-order valence-corrected chi connectivity index (χ4v) is 4.31. The van der Waals surface area contributed by atoms with Crippen LogP contribution in [0, 0.1) is 23.3 Å². The Labute approximate surface area is 168 Å². The van der Waals surface area contributed by atoms with E-state index in [-0.39, 0.29) is 17.6 Å². The lowest BCUT2D eigenvalue weighted by molar-refractivity contribution is 0.464. The smallest absolute Gasteiger partial charge is 0.162 e. The van der Waals surface area contributed by atoms with E-state index in [4.69, 9.17) is 0 Å². The monoisotopic (exact) mass is 398 g/mol. The quantitative estimate of drug-likeness (QED) is 0.410. The van der Waals surface area contributed by atoms with Crippen LogP contribution >= 0.6 is 0 Å². The first-order chi connectivity index (χ1) is 14.0. The zero-order valence-corrected chi connectivity index (χ0v) is 16.2. The van der Waals surface area contributed by atoms with Gasteiger partial charge in [0.2, 0.25) is 0 Å². The van der Waals surface area contributed by atoms with Crippen molar-refractivity contribution in [2.24, 2.45) is 0 Å². The zero-order chi connectivity index (χ0) is 20.5. The minimum absolute atomic E-state index is 0.177. The average Bonchev–Trinajstić information content (AvgIpc) is 2.73. The molecule has 29 heavy (non-hydrogen) atoms. The van der Waals surface area contributed by atoms with E-state index in [2.05, 4.69) is 0 Å². The molecule has 0 bridgehead atoms. The maximum Gasteiger partial charge on any atom is 0.162 e. The highest BCUT2D eigenvalue weighted by molar-refractivity contribution is 5.66. The minimum atomic E-state index is -0.771. The molecule has 4 rings (SSSR count). The van der Waals surface area contributed by atoms with E-state index in [0.29, 0.717) is 53.5 Å². The Hall–Kier alpha value is -2.62. The summed E-state index contributed by atoms with van der Waals surface area (Å²) in [7, 11) is 0. The molecule has 0 fully saturated rings. The van der Waals surface area contributed by atoms with Crippen molar-refractivity contribution in [3.05, 3.63) is 94.1 Å². The summed E-state index contributed by atoms with van der Waals surface area (Å²) < 4.78 is 57.3. The lowest BCUT2D eigenvalue weighted by Gasteiger charge is -2.27. The summed E-state index contributed by atoms with van der Waals surface area (Å²) in [6.45, 7) is 1.93. The highest BCUT2D eigenvalue weighted by atomic mass is 19.2. The van der Waals surface area contributed by atoms with Crippen molar-refractivity contribution >= 4 is 0 Å². The molecule has 0 radical (unpaired) electrons. The molecule has 0 N–H and O–H groups in total. The molecule has 0 spiro atoms. The van der Waals surface area contributed by atoms with Gasteiger partial charge in [0, 0.05) is 5.56 Å². The van der Waals surface area contributed by atoms with Crippen LogP contribution in [0.15, 0.2) is 48.5 Å². The van der Waals surface area contributed by atoms with Gasteiger partial charge in [0.05, 0.1) is 0 Å². The molecule has 3 aromatic carbocycles. The summed E-state index contributed by atoms with van der Waals surface area (Å²) in [4.78, 5) is 0. The third-order valence-corrected chi connectivity index (χ3v) is 5.86. The van der Waals surface area contributed by atoms with Gasteiger partial charge in [0.25, 0.3) is 0 Å². The molecule has 0 heterocycles. The summed E-state index contributed by atoms with van der Waals surface area (Å²) in [6, 6.07) is 12.6. The van der Waals surface area contributed by atoms with E-state index in [1.165, 1.54) is 12.1 Å². The maximum absolute atomic E-state index is 15.1. The summed E-state index contributed by atoms with van der Waals surface area (Å²) in [5.41, 5.74) is 3.27. The van der Waals surface area contributed by atoms with Crippen molar-refractivity contribution in [2.75, 3.05) is 0 Å². The Kier molecular flexibility index (Phi) is 5.44. The third-order valence-electron chi connectivity index (χ3n) is 5.86. The number of rotatable bonds is 4. The minimum Gasteiger partial charge on any atom is -0.207 e. The zero-order valence-electron chi connectivity index (χ0n) is 16.2. The van der Waals surface area contributed by atoms with Gasteiger partial charge in [-0.25, -0.2) is 17.6 Å². The molecule has 0 amide bonds. The van der Waals surface area contributed by atoms with Crippen LogP contribution in [0.1, 0.15) is 47.9 Å². The van der Waals surface area contributed by atoms with E-state index in [9.17, 15) is 13.2 Å². The standard InChI is InChI=1S/C25H22F4/c1-2-3-16-6-11-22(25(29)23(16)27)18-8-13-21-17(14-18)7-12-20(24(21)28)15-4-9-19(26)10-5-15/h4-7,9-12,18H,2-3,8,13-14H2,1H3. The summed E-state index contributed by atoms with van der Waals surface area (Å²) in [5, 5.41) is 0. The fourth-order valence-electron chi connectivity index (χ4n) is 4.31. The average molecular weight is 398 g/mol. The van der Waals surface area contributed by atoms with Crippen LogP contribution in [0.25, 0.3) is 11.1 Å². The molecule has 4 heteroatoms. The Balaban J connectivity index is 1.64. The Bertz CT molecular complexity index is 1040. The van der Waals surface area contributed by atoms with Crippen molar-refractivity contribution in [2.45, 2.75) is 44.9 Å². The van der Waals surface area contributed by atoms with Crippen molar-refractivity contribution in [3.8, 4) is 11.1 Å². The van der Waals surface area contributed by atoms with Gasteiger partial charge in [-0.2, -0.15) is 0 Å². The molecular formula is C25H22F4. The van der Waals surface area contributed by atoms with Crippen molar-refractivity contribution in [1.82, 2.24) is 0 Å². The van der Waals surface area contributed by atoms with E-state index < -0.39 is 11.6 Å². The Morgan fingerprint density at radius 1 is 0.828 bits per heavy atom. The van der Waals surface area contributed by atoms with Gasteiger partial charge < -0.3 is 0 Å². The molecule has 1 aliphatic carbocycles. The number of benzene rings is 3. The number of aryl methyl sites for hydroxylation is 1. The Morgan fingerprint density at radius 3 is 2.31 bits per heavy atom. The molecule has 1 aliphatic rings. The normalized spacial score (nSPS) is 16.0. The van der Waals surface area contributed by atoms with Crippen LogP contribution in [-0.2, 0) is 19.3 Å². The number of hydrogen-bond acceptors (Lipinski definition) is 0. The maximum atomic E-state index is 15.1. The SMILES string of the molecule is CCCc1ccc(C2CCc3c(ccc(-c4ccc(F)cc4)c3F)C2)c(F)c1F. The van der Waals surface area contributed by atoms with Crippen molar-refractivity contribution in [1.29, 1.82) is 0 Å². The molecule has 0 saturated heterocycles. The summed E-state index contributed by atoms with van der Waals surface area (Å²) in [5.74, 6) is -2.38. The predicted molar refractivity (Wildman–Crippen MR) is 107 cm³/mol. The first-order valence-electron chi connectivity index (χ1n) is 10.0. The Morgan fingerprint density at radius 2 is 1.59 bits per heavy atom. The van der Waals surface area contributed by atoms with Crippen LogP contribution < -0.4 is 0 Å². The number of fused-ring (bicyclic) bond motifs is 1. The molecule has 150 valence electrons. The van der Waals surface area contributed by atoms with Gasteiger partial charge in [0.15, 0.2) is 11.6 Å². The van der Waals surface area contributed by atoms with Crippen LogP contribution in [0.2, 0.25) is 0 Å². The second-order valence-electron chi connectivity index (χ2n) is 7.70.